The van der Waals surface area contributed by atoms with Gasteiger partial charge in [0.25, 0.3) is 0 Å². The summed E-state index contributed by atoms with van der Waals surface area (Å²) in [4.78, 5) is 21.5. The second-order valence-electron chi connectivity index (χ2n) is 8.77. The molecule has 3 atom stereocenters. The van der Waals surface area contributed by atoms with Crippen LogP contribution in [0.1, 0.15) is 34.6 Å². The zero-order valence-corrected chi connectivity index (χ0v) is 24.9. The van der Waals surface area contributed by atoms with Gasteiger partial charge in [0.1, 0.15) is 29.3 Å². The molecule has 41 heavy (non-hydrogen) atoms. The van der Waals surface area contributed by atoms with Gasteiger partial charge in [-0.1, -0.05) is 0 Å². The smallest absolute Gasteiger partial charge is 0.358 e. The van der Waals surface area contributed by atoms with E-state index in [4.69, 9.17) is 0 Å². The van der Waals surface area contributed by atoms with E-state index in [0.29, 0.717) is 20.3 Å². The summed E-state index contributed by atoms with van der Waals surface area (Å²) in [6, 6.07) is 10.1. The summed E-state index contributed by atoms with van der Waals surface area (Å²) in [5.74, 6) is -3.11. The molecule has 4 rings (SSSR count). The second kappa shape index (κ2) is 14.2. The lowest BCUT2D eigenvalue weighted by Gasteiger charge is -2.22. The Labute approximate surface area is 252 Å². The normalized spacial score (nSPS) is 13.3. The van der Waals surface area contributed by atoms with Crippen molar-refractivity contribution in [2.75, 3.05) is 0 Å². The molecule has 0 aliphatic carbocycles. The minimum absolute atomic E-state index is 0.0199. The highest BCUT2D eigenvalue weighted by atomic mass is 79.9. The van der Waals surface area contributed by atoms with Gasteiger partial charge in [-0.05, 0) is 104 Å². The number of aromatic nitrogens is 2. The highest BCUT2D eigenvalue weighted by Crippen LogP contribution is 2.27. The van der Waals surface area contributed by atoms with E-state index < -0.39 is 52.9 Å². The quantitative estimate of drug-likeness (QED) is 0.132. The number of nitrogens with one attached hydrogen (secondary N) is 3. The van der Waals surface area contributed by atoms with Gasteiger partial charge in [-0.15, -0.1) is 9.44 Å². The average molecular weight is 715 g/mol. The largest absolute Gasteiger partial charge is 0.573 e. The molecule has 14 heteroatoms. The Kier molecular flexibility index (Phi) is 10.7. The number of hydrogen-bond acceptors (Lipinski definition) is 5. The van der Waals surface area contributed by atoms with Crippen LogP contribution in [0.2, 0.25) is 0 Å². The molecule has 2 amide bonds. The van der Waals surface area contributed by atoms with E-state index in [1.54, 1.807) is 24.3 Å². The van der Waals surface area contributed by atoms with Crippen LogP contribution >= 0.6 is 31.9 Å². The first-order valence-electron chi connectivity index (χ1n) is 11.9. The summed E-state index contributed by atoms with van der Waals surface area (Å²) in [5, 5.41) is 2.64. The van der Waals surface area contributed by atoms with Crippen molar-refractivity contribution < 1.29 is 26.9 Å². The molecule has 0 unspecified atom stereocenters. The van der Waals surface area contributed by atoms with Crippen molar-refractivity contribution >= 4 is 49.4 Å². The van der Waals surface area contributed by atoms with E-state index in [0.717, 1.165) is 36.4 Å². The predicted molar refractivity (Wildman–Crippen MR) is 152 cm³/mol. The first kappa shape index (κ1) is 30.9. The second-order valence-corrected chi connectivity index (χ2v) is 11.5. The van der Waals surface area contributed by atoms with E-state index in [1.165, 1.54) is 12.4 Å². The fourth-order valence-corrected chi connectivity index (χ4v) is 5.88. The van der Waals surface area contributed by atoms with Crippen LogP contribution in [0.4, 0.5) is 22.4 Å². The number of amides is 2. The molecule has 214 valence electrons. The van der Waals surface area contributed by atoms with Crippen LogP contribution in [0.5, 0.6) is 0 Å². The van der Waals surface area contributed by atoms with Crippen molar-refractivity contribution in [3.8, 4) is 0 Å². The van der Waals surface area contributed by atoms with Crippen molar-refractivity contribution in [2.45, 2.75) is 24.9 Å². The van der Waals surface area contributed by atoms with Crippen molar-refractivity contribution in [3.05, 3.63) is 128 Å². The van der Waals surface area contributed by atoms with Crippen LogP contribution in [0.15, 0.2) is 82.0 Å². The maximum atomic E-state index is 13.8. The lowest BCUT2D eigenvalue weighted by Crippen LogP contribution is -2.48. The number of rotatable bonds is 10. The van der Waals surface area contributed by atoms with Gasteiger partial charge in [0.05, 0.1) is 17.4 Å². The lowest BCUT2D eigenvalue weighted by atomic mass is 10.0. The monoisotopic (exact) mass is 713 g/mol. The van der Waals surface area contributed by atoms with Crippen LogP contribution in [0.25, 0.3) is 0 Å². The molecule has 2 aromatic carbocycles. The van der Waals surface area contributed by atoms with Gasteiger partial charge >= 0.3 is 6.03 Å². The summed E-state index contributed by atoms with van der Waals surface area (Å²) in [6.07, 6.45) is 2.93. The van der Waals surface area contributed by atoms with Crippen molar-refractivity contribution in [1.29, 1.82) is 0 Å². The Morgan fingerprint density at radius 1 is 0.780 bits per heavy atom. The molecule has 7 nitrogen and oxygen atoms in total. The van der Waals surface area contributed by atoms with Crippen molar-refractivity contribution in [3.63, 3.8) is 0 Å². The molecular formula is C27H21Br2F4N5O2S. The zero-order valence-electron chi connectivity index (χ0n) is 20.9. The number of nitrogens with zero attached hydrogens (tertiary/aromatic N) is 2. The van der Waals surface area contributed by atoms with Gasteiger partial charge in [0, 0.05) is 33.5 Å². The van der Waals surface area contributed by atoms with Gasteiger partial charge in [-0.2, -0.15) is 0 Å². The van der Waals surface area contributed by atoms with Crippen molar-refractivity contribution in [2.24, 2.45) is 0 Å². The van der Waals surface area contributed by atoms with E-state index in [1.807, 2.05) is 0 Å². The minimum Gasteiger partial charge on any atom is -0.573 e. The minimum atomic E-state index is -2.22. The Hall–Kier alpha value is -3.04. The SMILES string of the molecule is O=C(N[C@@H](Cc1cc(F)cc(F)c1)c1ncccc1Br)N[S@@+]([O-])N[C@@H](Cc1cc(F)cc(F)c1)c1ncccc1Br. The van der Waals surface area contributed by atoms with E-state index in [2.05, 4.69) is 56.6 Å². The third-order valence-corrected chi connectivity index (χ3v) is 7.91. The third-order valence-electron chi connectivity index (χ3n) is 5.70. The molecule has 0 aliphatic heterocycles. The number of carbonyl (C=O) groups is 1. The molecule has 0 saturated carbocycles. The van der Waals surface area contributed by atoms with Gasteiger partial charge in [-0.3, -0.25) is 9.97 Å². The molecule has 0 saturated heterocycles. The average Bonchev–Trinajstić information content (AvgIpc) is 2.87. The highest BCUT2D eigenvalue weighted by Gasteiger charge is 2.27. The summed E-state index contributed by atoms with van der Waals surface area (Å²) < 4.78 is 74.4. The number of urea groups is 1. The predicted octanol–water partition coefficient (Wildman–Crippen LogP) is 6.29. The number of pyridine rings is 2. The molecular weight excluding hydrogens is 694 g/mol. The Bertz CT molecular complexity index is 1500. The molecule has 0 radical (unpaired) electrons. The molecule has 0 bridgehead atoms. The van der Waals surface area contributed by atoms with Gasteiger partial charge in [-0.25, -0.2) is 22.4 Å². The van der Waals surface area contributed by atoms with Crippen LogP contribution in [-0.2, 0) is 24.4 Å². The molecule has 0 fully saturated rings. The van der Waals surface area contributed by atoms with Gasteiger partial charge in [0.15, 0.2) is 11.5 Å². The summed E-state index contributed by atoms with van der Waals surface area (Å²) >= 11 is 4.52. The fraction of sp³-hybridized carbons (Fsp3) is 0.148. The highest BCUT2D eigenvalue weighted by molar-refractivity contribution is 9.10. The number of benzene rings is 2. The Morgan fingerprint density at radius 3 is 1.68 bits per heavy atom. The first-order valence-corrected chi connectivity index (χ1v) is 14.7. The number of carbonyl (C=O) groups excluding carboxylic acids is 1. The van der Waals surface area contributed by atoms with Crippen LogP contribution in [0, 0.1) is 23.3 Å². The Balaban J connectivity index is 1.51. The molecule has 0 aliphatic rings. The van der Waals surface area contributed by atoms with Gasteiger partial charge < -0.3 is 9.87 Å². The number of halogens is 6. The van der Waals surface area contributed by atoms with Crippen molar-refractivity contribution in [1.82, 2.24) is 24.7 Å². The molecule has 0 spiro atoms. The summed E-state index contributed by atoms with van der Waals surface area (Å²) in [7, 11) is 0. The number of hydrogen-bond donors (Lipinski definition) is 3. The van der Waals surface area contributed by atoms with Crippen LogP contribution < -0.4 is 14.8 Å². The lowest BCUT2D eigenvalue weighted by molar-refractivity contribution is 0.241. The summed E-state index contributed by atoms with van der Waals surface area (Å²) in [6.45, 7) is 0. The maximum Gasteiger partial charge on any atom is 0.358 e. The van der Waals surface area contributed by atoms with E-state index in [-0.39, 0.29) is 24.0 Å². The topological polar surface area (TPSA) is 102 Å². The molecule has 4 aromatic rings. The molecule has 2 aromatic heterocycles. The molecule has 3 N–H and O–H groups in total. The summed E-state index contributed by atoms with van der Waals surface area (Å²) in [5.41, 5.74) is 1.28. The van der Waals surface area contributed by atoms with Gasteiger partial charge in [0.2, 0.25) is 0 Å². The fourth-order valence-electron chi connectivity index (χ4n) is 4.08. The zero-order chi connectivity index (χ0) is 29.5. The first-order chi connectivity index (χ1) is 19.6. The van der Waals surface area contributed by atoms with E-state index in [9.17, 15) is 26.9 Å². The maximum absolute atomic E-state index is 13.8. The van der Waals surface area contributed by atoms with E-state index >= 15 is 0 Å². The van der Waals surface area contributed by atoms with Crippen LogP contribution in [-0.4, -0.2) is 20.6 Å². The van der Waals surface area contributed by atoms with Crippen LogP contribution in [0.3, 0.4) is 0 Å². The molecule has 2 heterocycles. The Morgan fingerprint density at radius 2 is 1.22 bits per heavy atom. The third kappa shape index (κ3) is 8.97. The standard InChI is InChI=1S/C27H21Br2F4N5O2S/c28-21-3-1-5-34-25(21)23(11-15-7-17(30)13-18(31)8-15)36-27(39)38-41(40)37-24(26-22(29)4-2-6-35-26)12-16-9-19(32)14-20(33)10-16/h1-10,13-14,23-24,37H,11-12H2,(H2,36,38,39)/t23-,24-,41-/m0/s1.